The SMILES string of the molecule is CN1CCC(NC(=O)c2cc(Cl)cn2C)CCC1=O. The van der Waals surface area contributed by atoms with Crippen molar-refractivity contribution in [2.45, 2.75) is 25.3 Å². The fourth-order valence-corrected chi connectivity index (χ4v) is 2.51. The van der Waals surface area contributed by atoms with E-state index >= 15 is 0 Å². The van der Waals surface area contributed by atoms with Gasteiger partial charge in [0.15, 0.2) is 0 Å². The summed E-state index contributed by atoms with van der Waals surface area (Å²) in [5.41, 5.74) is 0.536. The summed E-state index contributed by atoms with van der Waals surface area (Å²) < 4.78 is 1.70. The van der Waals surface area contributed by atoms with Crippen LogP contribution in [0.2, 0.25) is 5.02 Å². The summed E-state index contributed by atoms with van der Waals surface area (Å²) in [6, 6.07) is 1.68. The van der Waals surface area contributed by atoms with Gasteiger partial charge in [0, 0.05) is 39.3 Å². The molecule has 0 saturated carbocycles. The number of carbonyl (C=O) groups excluding carboxylic acids is 2. The van der Waals surface area contributed by atoms with Crippen molar-refractivity contribution in [3.05, 3.63) is 23.0 Å². The fourth-order valence-electron chi connectivity index (χ4n) is 2.26. The van der Waals surface area contributed by atoms with E-state index in [4.69, 9.17) is 11.6 Å². The summed E-state index contributed by atoms with van der Waals surface area (Å²) in [5, 5.41) is 3.52. The smallest absolute Gasteiger partial charge is 0.268 e. The Hall–Kier alpha value is -1.49. The van der Waals surface area contributed by atoms with Crippen LogP contribution in [0.1, 0.15) is 29.8 Å². The van der Waals surface area contributed by atoms with Crippen LogP contribution in [-0.4, -0.2) is 40.9 Å². The molecule has 1 aliphatic heterocycles. The Bertz CT molecular complexity index is 498. The molecule has 1 aromatic rings. The van der Waals surface area contributed by atoms with Crippen molar-refractivity contribution in [3.8, 4) is 0 Å². The molecule has 1 aromatic heterocycles. The number of hydrogen-bond acceptors (Lipinski definition) is 2. The molecule has 1 aliphatic rings. The van der Waals surface area contributed by atoms with E-state index in [2.05, 4.69) is 5.32 Å². The van der Waals surface area contributed by atoms with E-state index in [-0.39, 0.29) is 17.9 Å². The van der Waals surface area contributed by atoms with Crippen LogP contribution in [0.3, 0.4) is 0 Å². The van der Waals surface area contributed by atoms with Crippen molar-refractivity contribution in [3.63, 3.8) is 0 Å². The number of nitrogens with zero attached hydrogens (tertiary/aromatic N) is 2. The highest BCUT2D eigenvalue weighted by atomic mass is 35.5. The Labute approximate surface area is 117 Å². The molecule has 19 heavy (non-hydrogen) atoms. The van der Waals surface area contributed by atoms with E-state index in [1.807, 2.05) is 0 Å². The number of amides is 2. The van der Waals surface area contributed by atoms with E-state index in [0.29, 0.717) is 30.1 Å². The first-order valence-electron chi connectivity index (χ1n) is 6.34. The predicted octanol–water partition coefficient (Wildman–Crippen LogP) is 1.42. The Morgan fingerprint density at radius 1 is 1.42 bits per heavy atom. The van der Waals surface area contributed by atoms with Crippen LogP contribution in [0.5, 0.6) is 0 Å². The number of aryl methyl sites for hydroxylation is 1. The number of rotatable bonds is 2. The molecular weight excluding hydrogens is 266 g/mol. The predicted molar refractivity (Wildman–Crippen MR) is 73.2 cm³/mol. The van der Waals surface area contributed by atoms with Crippen molar-refractivity contribution in [2.24, 2.45) is 7.05 Å². The van der Waals surface area contributed by atoms with Crippen LogP contribution >= 0.6 is 11.6 Å². The molecule has 0 radical (unpaired) electrons. The van der Waals surface area contributed by atoms with Gasteiger partial charge < -0.3 is 14.8 Å². The molecule has 2 heterocycles. The summed E-state index contributed by atoms with van der Waals surface area (Å²) in [7, 11) is 3.58. The molecular formula is C13H18ClN3O2. The lowest BCUT2D eigenvalue weighted by molar-refractivity contribution is -0.129. The molecule has 5 nitrogen and oxygen atoms in total. The first-order valence-corrected chi connectivity index (χ1v) is 6.72. The number of aromatic nitrogens is 1. The van der Waals surface area contributed by atoms with Crippen LogP contribution in [-0.2, 0) is 11.8 Å². The largest absolute Gasteiger partial charge is 0.348 e. The quantitative estimate of drug-likeness (QED) is 0.892. The zero-order chi connectivity index (χ0) is 14.0. The molecule has 6 heteroatoms. The standard InChI is InChI=1S/C13H18ClN3O2/c1-16-6-5-10(3-4-12(16)18)15-13(19)11-7-9(14)8-17(11)2/h7-8,10H,3-6H2,1-2H3,(H,15,19). The van der Waals surface area contributed by atoms with Crippen LogP contribution in [0.4, 0.5) is 0 Å². The summed E-state index contributed by atoms with van der Waals surface area (Å²) in [4.78, 5) is 25.4. The Kier molecular flexibility index (Phi) is 4.14. The molecule has 1 N–H and O–H groups in total. The molecule has 1 atom stereocenters. The monoisotopic (exact) mass is 283 g/mol. The van der Waals surface area contributed by atoms with Crippen LogP contribution in [0.25, 0.3) is 0 Å². The average Bonchev–Trinajstić information content (AvgIpc) is 2.62. The van der Waals surface area contributed by atoms with Crippen molar-refractivity contribution in [1.82, 2.24) is 14.8 Å². The minimum absolute atomic E-state index is 0.0371. The van der Waals surface area contributed by atoms with Gasteiger partial charge >= 0.3 is 0 Å². The second kappa shape index (κ2) is 5.65. The highest BCUT2D eigenvalue weighted by Gasteiger charge is 2.22. The normalized spacial score (nSPS) is 20.3. The van der Waals surface area contributed by atoms with Gasteiger partial charge in [0.05, 0.1) is 5.02 Å². The maximum Gasteiger partial charge on any atom is 0.268 e. The lowest BCUT2D eigenvalue weighted by Crippen LogP contribution is -2.36. The summed E-state index contributed by atoms with van der Waals surface area (Å²) in [6.45, 7) is 0.678. The number of likely N-dealkylation sites (tertiary alicyclic amines) is 1. The van der Waals surface area contributed by atoms with Gasteiger partial charge in [-0.2, -0.15) is 0 Å². The van der Waals surface area contributed by atoms with Gasteiger partial charge in [0.25, 0.3) is 5.91 Å². The van der Waals surface area contributed by atoms with E-state index in [0.717, 1.165) is 6.42 Å². The summed E-state index contributed by atoms with van der Waals surface area (Å²) in [6.07, 6.45) is 3.65. The minimum atomic E-state index is -0.142. The summed E-state index contributed by atoms with van der Waals surface area (Å²) >= 11 is 5.86. The first-order chi connectivity index (χ1) is 8.97. The van der Waals surface area contributed by atoms with Gasteiger partial charge in [0.2, 0.25) is 5.91 Å². The van der Waals surface area contributed by atoms with E-state index < -0.39 is 0 Å². The molecule has 0 bridgehead atoms. The number of hydrogen-bond donors (Lipinski definition) is 1. The maximum absolute atomic E-state index is 12.1. The zero-order valence-corrected chi connectivity index (χ0v) is 11.9. The van der Waals surface area contributed by atoms with Gasteiger partial charge in [-0.3, -0.25) is 9.59 Å². The average molecular weight is 284 g/mol. The molecule has 104 valence electrons. The highest BCUT2D eigenvalue weighted by molar-refractivity contribution is 6.31. The van der Waals surface area contributed by atoms with Gasteiger partial charge in [-0.25, -0.2) is 0 Å². The highest BCUT2D eigenvalue weighted by Crippen LogP contribution is 2.15. The van der Waals surface area contributed by atoms with Gasteiger partial charge in [-0.05, 0) is 18.9 Å². The Balaban J connectivity index is 1.99. The molecule has 2 amide bonds. The van der Waals surface area contributed by atoms with E-state index in [1.54, 1.807) is 35.8 Å². The van der Waals surface area contributed by atoms with Gasteiger partial charge in [-0.1, -0.05) is 11.6 Å². The third kappa shape index (κ3) is 3.29. The topological polar surface area (TPSA) is 54.3 Å². The lowest BCUT2D eigenvalue weighted by Gasteiger charge is -2.16. The second-order valence-electron chi connectivity index (χ2n) is 4.97. The third-order valence-electron chi connectivity index (χ3n) is 3.48. The van der Waals surface area contributed by atoms with Crippen LogP contribution < -0.4 is 5.32 Å². The van der Waals surface area contributed by atoms with Crippen LogP contribution in [0, 0.1) is 0 Å². The van der Waals surface area contributed by atoms with Crippen molar-refractivity contribution in [2.75, 3.05) is 13.6 Å². The maximum atomic E-state index is 12.1. The van der Waals surface area contributed by atoms with Gasteiger partial charge in [0.1, 0.15) is 5.69 Å². The second-order valence-corrected chi connectivity index (χ2v) is 5.40. The van der Waals surface area contributed by atoms with E-state index in [1.165, 1.54) is 0 Å². The van der Waals surface area contributed by atoms with Crippen LogP contribution in [0.15, 0.2) is 12.3 Å². The first kappa shape index (κ1) is 13.9. The molecule has 0 aromatic carbocycles. The minimum Gasteiger partial charge on any atom is -0.348 e. The molecule has 0 spiro atoms. The van der Waals surface area contributed by atoms with Crippen molar-refractivity contribution in [1.29, 1.82) is 0 Å². The molecule has 1 unspecified atom stereocenters. The number of nitrogens with one attached hydrogen (secondary N) is 1. The molecule has 1 saturated heterocycles. The lowest BCUT2D eigenvalue weighted by atomic mass is 10.1. The number of carbonyl (C=O) groups is 2. The summed E-state index contributed by atoms with van der Waals surface area (Å²) in [5.74, 6) is -0.00457. The molecule has 0 aliphatic carbocycles. The zero-order valence-electron chi connectivity index (χ0n) is 11.1. The van der Waals surface area contributed by atoms with E-state index in [9.17, 15) is 9.59 Å². The van der Waals surface area contributed by atoms with Crippen molar-refractivity contribution >= 4 is 23.4 Å². The Morgan fingerprint density at radius 3 is 2.79 bits per heavy atom. The Morgan fingerprint density at radius 2 is 2.16 bits per heavy atom. The fraction of sp³-hybridized carbons (Fsp3) is 0.538. The third-order valence-corrected chi connectivity index (χ3v) is 3.69. The molecule has 1 fully saturated rings. The number of halogens is 1. The van der Waals surface area contributed by atoms with Crippen molar-refractivity contribution < 1.29 is 9.59 Å². The molecule has 2 rings (SSSR count). The van der Waals surface area contributed by atoms with Gasteiger partial charge in [-0.15, -0.1) is 0 Å².